The van der Waals surface area contributed by atoms with Crippen LogP contribution in [0.25, 0.3) is 102 Å². The number of halogens is 1. The van der Waals surface area contributed by atoms with Gasteiger partial charge in [-0.05, 0) is 158 Å². The Hall–Kier alpha value is -9.64. The Balaban J connectivity index is 0.000000177. The lowest BCUT2D eigenvalue weighted by Gasteiger charge is -2.32. The van der Waals surface area contributed by atoms with Crippen LogP contribution in [0.1, 0.15) is 146 Å². The molecular weight excluding hydrogens is 1340 g/mol. The van der Waals surface area contributed by atoms with E-state index < -0.39 is 18.3 Å². The van der Waals surface area contributed by atoms with Gasteiger partial charge in [-0.15, -0.1) is 0 Å². The Morgan fingerprint density at radius 1 is 0.311 bits per heavy atom. The average molecular weight is 1430 g/mol. The van der Waals surface area contributed by atoms with E-state index in [2.05, 4.69) is 219 Å². The van der Waals surface area contributed by atoms with Crippen molar-refractivity contribution in [3.8, 4) is 102 Å². The second kappa shape index (κ2) is 31.5. The maximum absolute atomic E-state index is 6.60. The molecule has 0 atom stereocenters. The van der Waals surface area contributed by atoms with Crippen LogP contribution in [0.5, 0.6) is 0 Å². The molecule has 2 fully saturated rings. The summed E-state index contributed by atoms with van der Waals surface area (Å²) < 4.78 is 19.1. The fourth-order valence-corrected chi connectivity index (χ4v) is 11.8. The Morgan fingerprint density at radius 3 is 0.864 bits per heavy atom. The van der Waals surface area contributed by atoms with E-state index in [0.29, 0.717) is 34.9 Å². The molecule has 2 aliphatic heterocycles. The molecule has 524 valence electrons. The van der Waals surface area contributed by atoms with Gasteiger partial charge in [0.05, 0.1) is 15.7 Å². The maximum Gasteiger partial charge on any atom is 0.494 e. The molecule has 0 amide bonds. The van der Waals surface area contributed by atoms with Gasteiger partial charge >= 0.3 is 7.12 Å². The van der Waals surface area contributed by atoms with E-state index in [9.17, 15) is 0 Å². The molecule has 2 aliphatic rings. The Labute approximate surface area is 618 Å². The van der Waals surface area contributed by atoms with Crippen molar-refractivity contribution in [2.75, 3.05) is 13.2 Å². The van der Waals surface area contributed by atoms with Crippen molar-refractivity contribution in [3.63, 3.8) is 0 Å². The SMILES string of the molecule is Brc1cncnc1.C1CCOC1.CC(C)(C)c1cc(-c2cc(-c3cncnc3)cc(-c3nc(-c4ccccc4)nc(-c4ccccc4)n3)c2)cc(C(C)(C)C)c1.CC(C)(C)c1cc(-c2cc(B3OC(C)(C)C(C)(C)O3)cc(-c3nc(-c4ccccc4)nc(-c4ccccc4)n3)c2)cc(C(C)(C)C)c1. The highest BCUT2D eigenvalue weighted by Gasteiger charge is 2.52. The topological polar surface area (TPSA) is 157 Å². The summed E-state index contributed by atoms with van der Waals surface area (Å²) >= 11 is 3.19. The number of hydrogen-bond donors (Lipinski definition) is 0. The van der Waals surface area contributed by atoms with Gasteiger partial charge in [-0.3, -0.25) is 0 Å². The normalized spacial score (nSPS) is 14.1. The number of aromatic nitrogens is 10. The Kier molecular flexibility index (Phi) is 22.8. The van der Waals surface area contributed by atoms with Gasteiger partial charge in [0.25, 0.3) is 0 Å². The zero-order valence-electron chi connectivity index (χ0n) is 62.4. The van der Waals surface area contributed by atoms with E-state index in [4.69, 9.17) is 43.9 Å². The van der Waals surface area contributed by atoms with E-state index in [1.165, 1.54) is 41.4 Å². The van der Waals surface area contributed by atoms with Gasteiger partial charge in [-0.2, -0.15) is 0 Å². The van der Waals surface area contributed by atoms with E-state index in [0.717, 1.165) is 89.9 Å². The number of hydrogen-bond acceptors (Lipinski definition) is 13. The van der Waals surface area contributed by atoms with Gasteiger partial charge in [0.1, 0.15) is 12.7 Å². The van der Waals surface area contributed by atoms with Crippen molar-refractivity contribution in [3.05, 3.63) is 258 Å². The molecule has 103 heavy (non-hydrogen) atoms. The van der Waals surface area contributed by atoms with Crippen LogP contribution in [0.3, 0.4) is 0 Å². The third-order valence-electron chi connectivity index (χ3n) is 18.6. The summed E-state index contributed by atoms with van der Waals surface area (Å²) in [5.41, 5.74) is 17.0. The summed E-state index contributed by atoms with van der Waals surface area (Å²) in [5.74, 6) is 3.73. The van der Waals surface area contributed by atoms with Gasteiger partial charge in [-0.1, -0.05) is 253 Å². The summed E-state index contributed by atoms with van der Waals surface area (Å²) in [6.45, 7) is 37.6. The lowest BCUT2D eigenvalue weighted by Crippen LogP contribution is -2.41. The lowest BCUT2D eigenvalue weighted by atomic mass is 9.75. The fraction of sp³-hybridized carbons (Fsp3) is 0.295. The van der Waals surface area contributed by atoms with Crippen molar-refractivity contribution >= 4 is 28.5 Å². The minimum atomic E-state index is -0.546. The maximum atomic E-state index is 6.60. The first kappa shape index (κ1) is 74.6. The molecule has 0 radical (unpaired) electrons. The highest BCUT2D eigenvalue weighted by Crippen LogP contribution is 2.41. The molecule has 0 N–H and O–H groups in total. The molecule has 2 saturated heterocycles. The van der Waals surface area contributed by atoms with Crippen molar-refractivity contribution in [1.82, 2.24) is 49.8 Å². The van der Waals surface area contributed by atoms with Gasteiger partial charge in [0.2, 0.25) is 0 Å². The van der Waals surface area contributed by atoms with Crippen LogP contribution in [-0.4, -0.2) is 81.4 Å². The number of nitrogens with zero attached hydrogens (tertiary/aromatic N) is 10. The van der Waals surface area contributed by atoms with Gasteiger partial charge < -0.3 is 14.0 Å². The Bertz CT molecular complexity index is 4620. The van der Waals surface area contributed by atoms with Crippen molar-refractivity contribution < 1.29 is 14.0 Å². The molecular formula is C88H94BBrN10O3. The number of benzene rings is 8. The first-order chi connectivity index (χ1) is 48.9. The molecule has 13 nitrogen and oxygen atoms in total. The summed E-state index contributed by atoms with van der Waals surface area (Å²) in [5, 5.41) is 0. The molecule has 12 aromatic rings. The zero-order chi connectivity index (χ0) is 73.3. The van der Waals surface area contributed by atoms with E-state index in [1.807, 2.05) is 134 Å². The molecule has 6 heterocycles. The largest absolute Gasteiger partial charge is 0.494 e. The van der Waals surface area contributed by atoms with Crippen LogP contribution >= 0.6 is 15.9 Å². The molecule has 0 bridgehead atoms. The third kappa shape index (κ3) is 19.2. The third-order valence-corrected chi connectivity index (χ3v) is 19.0. The van der Waals surface area contributed by atoms with Crippen LogP contribution in [0.15, 0.2) is 236 Å². The smallest absolute Gasteiger partial charge is 0.399 e. The second-order valence-corrected chi connectivity index (χ2v) is 32.3. The number of ether oxygens (including phenoxy) is 1. The summed E-state index contributed by atoms with van der Waals surface area (Å²) in [6, 6.07) is 67.3. The van der Waals surface area contributed by atoms with Crippen molar-refractivity contribution in [1.29, 1.82) is 0 Å². The van der Waals surface area contributed by atoms with Crippen LogP contribution in [0.2, 0.25) is 0 Å². The summed E-state index contributed by atoms with van der Waals surface area (Å²) in [7, 11) is -0.546. The minimum Gasteiger partial charge on any atom is -0.399 e. The summed E-state index contributed by atoms with van der Waals surface area (Å²) in [4.78, 5) is 46.1. The summed E-state index contributed by atoms with van der Waals surface area (Å²) in [6.07, 6.45) is 12.7. The zero-order valence-corrected chi connectivity index (χ0v) is 64.0. The standard InChI is InChI=1S/C41H46BN3O2.C39H37N5.C4H3BrN2.C4H8O/c1-38(2,3)32-22-30(23-33(26-32)39(4,5)6)29-21-31(25-34(24-29)42-46-40(7,8)41(9,10)47-42)37-44-35(27-17-13-11-14-18-27)43-36(45-37)28-19-15-12-16-20-28;1-38(2,3)33-20-30(21-34(22-33)39(4,5)6)28-17-29(32-23-40-25-41-24-32)19-31(18-28)37-43-35(26-13-9-7-10-14-26)42-36(44-37)27-15-11-8-12-16-27;5-4-1-6-3-7-2-4;1-2-4-5-3-1/h11-26H,1-10H3;7-25H,1-6H3;1-3H;1-4H2. The fourth-order valence-electron chi connectivity index (χ4n) is 11.6. The predicted octanol–water partition coefficient (Wildman–Crippen LogP) is 21.1. The highest BCUT2D eigenvalue weighted by atomic mass is 79.9. The van der Waals surface area contributed by atoms with Gasteiger partial charge in [0.15, 0.2) is 34.9 Å². The number of rotatable bonds is 10. The predicted molar refractivity (Wildman–Crippen MR) is 424 cm³/mol. The minimum absolute atomic E-state index is 0.00684. The van der Waals surface area contributed by atoms with Crippen LogP contribution < -0.4 is 5.46 Å². The molecule has 0 saturated carbocycles. The van der Waals surface area contributed by atoms with Crippen LogP contribution in [-0.2, 0) is 35.7 Å². The van der Waals surface area contributed by atoms with Crippen molar-refractivity contribution in [2.24, 2.45) is 0 Å². The molecule has 15 heteroatoms. The monoisotopic (exact) mass is 1430 g/mol. The molecule has 0 aliphatic carbocycles. The lowest BCUT2D eigenvalue weighted by molar-refractivity contribution is 0.00578. The first-order valence-electron chi connectivity index (χ1n) is 35.4. The molecule has 0 spiro atoms. The van der Waals surface area contributed by atoms with Crippen LogP contribution in [0, 0.1) is 0 Å². The van der Waals surface area contributed by atoms with E-state index >= 15 is 0 Å². The van der Waals surface area contributed by atoms with Gasteiger partial charge in [-0.25, -0.2) is 49.8 Å². The first-order valence-corrected chi connectivity index (χ1v) is 36.2. The second-order valence-electron chi connectivity index (χ2n) is 31.4. The molecule has 8 aromatic carbocycles. The van der Waals surface area contributed by atoms with E-state index in [-0.39, 0.29) is 21.7 Å². The molecule has 0 unspecified atom stereocenters. The molecule has 14 rings (SSSR count). The van der Waals surface area contributed by atoms with Crippen LogP contribution in [0.4, 0.5) is 0 Å². The molecule has 4 aromatic heterocycles. The van der Waals surface area contributed by atoms with E-state index in [1.54, 1.807) is 18.7 Å². The average Bonchev–Trinajstić information content (AvgIpc) is 1.74. The van der Waals surface area contributed by atoms with Crippen molar-refractivity contribution in [2.45, 2.75) is 156 Å². The Morgan fingerprint density at radius 2 is 0.573 bits per heavy atom. The quantitative estimate of drug-likeness (QED) is 0.119. The highest BCUT2D eigenvalue weighted by molar-refractivity contribution is 9.10. The van der Waals surface area contributed by atoms with Gasteiger partial charge in [0, 0.05) is 76.9 Å².